The topological polar surface area (TPSA) is 49.4 Å². The van der Waals surface area contributed by atoms with E-state index in [1.807, 2.05) is 0 Å². The molecule has 100 valence electrons. The third-order valence-electron chi connectivity index (χ3n) is 2.20. The molecule has 0 unspecified atom stereocenters. The van der Waals surface area contributed by atoms with Gasteiger partial charge in [-0.25, -0.2) is 0 Å². The van der Waals surface area contributed by atoms with Crippen molar-refractivity contribution in [3.8, 4) is 0 Å². The third-order valence-corrected chi connectivity index (χ3v) is 3.82. The average Bonchev–Trinajstić information content (AvgIpc) is 2.50. The molecule has 0 radical (unpaired) electrons. The lowest BCUT2D eigenvalue weighted by Crippen LogP contribution is -2.36. The minimum absolute atomic E-state index is 0.136. The van der Waals surface area contributed by atoms with E-state index in [0.717, 1.165) is 0 Å². The molecule has 1 aliphatic heterocycles. The summed E-state index contributed by atoms with van der Waals surface area (Å²) in [6.45, 7) is 0. The Balaban J connectivity index is 2.34. The van der Waals surface area contributed by atoms with Crippen molar-refractivity contribution in [2.45, 2.75) is 0 Å². The van der Waals surface area contributed by atoms with Gasteiger partial charge in [-0.3, -0.25) is 15.0 Å². The Morgan fingerprint density at radius 3 is 1.68 bits per heavy atom. The largest absolute Gasteiger partial charge is 0.292 e. The molecule has 0 saturated carbocycles. The number of carbonyl (C=O) groups is 2. The lowest BCUT2D eigenvalue weighted by molar-refractivity contribution is -0.135. The van der Waals surface area contributed by atoms with Gasteiger partial charge in [0.15, 0.2) is 0 Å². The van der Waals surface area contributed by atoms with Crippen LogP contribution in [0.2, 0.25) is 15.1 Å². The Morgan fingerprint density at radius 2 is 1.26 bits per heavy atom. The van der Waals surface area contributed by atoms with Crippen molar-refractivity contribution >= 4 is 75.5 Å². The summed E-state index contributed by atoms with van der Waals surface area (Å²) in [4.78, 5) is 23.4. The van der Waals surface area contributed by atoms with Crippen LogP contribution in [-0.4, -0.2) is 16.8 Å². The maximum Gasteiger partial charge on any atom is 0.292 e. The number of rotatable bonds is 2. The van der Waals surface area contributed by atoms with Gasteiger partial charge in [-0.05, 0) is 12.1 Å². The molecule has 1 aromatic carbocycles. The fourth-order valence-corrected chi connectivity index (χ4v) is 2.57. The van der Waals surface area contributed by atoms with E-state index in [1.165, 1.54) is 12.1 Å². The summed E-state index contributed by atoms with van der Waals surface area (Å²) < 4.78 is 0. The van der Waals surface area contributed by atoms with Crippen LogP contribution in [0.4, 0.5) is 5.69 Å². The Labute approximate surface area is 132 Å². The summed E-state index contributed by atoms with van der Waals surface area (Å²) in [7, 11) is 0. The van der Waals surface area contributed by atoms with Crippen LogP contribution in [-0.2, 0) is 9.59 Å². The van der Waals surface area contributed by atoms with Crippen LogP contribution in [0.3, 0.4) is 0 Å². The smallest absolute Gasteiger partial charge is 0.285 e. The summed E-state index contributed by atoms with van der Waals surface area (Å²) in [5.41, 5.74) is 2.61. The van der Waals surface area contributed by atoms with Gasteiger partial charge in [0.1, 0.15) is 10.1 Å². The zero-order valence-corrected chi connectivity index (χ0v) is 12.6. The first-order chi connectivity index (χ1) is 8.82. The first-order valence-electron chi connectivity index (χ1n) is 4.68. The predicted molar refractivity (Wildman–Crippen MR) is 75.7 cm³/mol. The molecule has 0 aliphatic carbocycles. The van der Waals surface area contributed by atoms with Crippen LogP contribution in [0, 0.1) is 0 Å². The number of anilines is 1. The van der Waals surface area contributed by atoms with Crippen molar-refractivity contribution in [3.05, 3.63) is 37.3 Å². The van der Waals surface area contributed by atoms with Crippen LogP contribution < -0.4 is 5.43 Å². The molecule has 19 heavy (non-hydrogen) atoms. The van der Waals surface area contributed by atoms with Crippen LogP contribution in [0.1, 0.15) is 0 Å². The summed E-state index contributed by atoms with van der Waals surface area (Å²) >= 11 is 28.8. The van der Waals surface area contributed by atoms with Gasteiger partial charge in [-0.15, -0.1) is 0 Å². The second-order valence-corrected chi connectivity index (χ2v) is 5.44. The fourth-order valence-electron chi connectivity index (χ4n) is 1.34. The van der Waals surface area contributed by atoms with E-state index in [1.54, 1.807) is 0 Å². The number of amides is 2. The zero-order chi connectivity index (χ0) is 14.3. The summed E-state index contributed by atoms with van der Waals surface area (Å²) in [5.74, 6) is -1.59. The van der Waals surface area contributed by atoms with Crippen molar-refractivity contribution in [3.63, 3.8) is 0 Å². The number of imide groups is 1. The lowest BCUT2D eigenvalue weighted by atomic mass is 10.3. The van der Waals surface area contributed by atoms with E-state index in [9.17, 15) is 9.59 Å². The fraction of sp³-hybridized carbons (Fsp3) is 0. The number of halogens is 5. The first-order valence-corrected chi connectivity index (χ1v) is 6.57. The molecule has 0 aromatic heterocycles. The Hall–Kier alpha value is -0.650. The number of nitrogens with one attached hydrogen (secondary N) is 1. The van der Waals surface area contributed by atoms with Gasteiger partial charge in [0.2, 0.25) is 0 Å². The molecule has 0 bridgehead atoms. The van der Waals surface area contributed by atoms with Gasteiger partial charge < -0.3 is 0 Å². The van der Waals surface area contributed by atoms with E-state index in [2.05, 4.69) is 5.43 Å². The molecule has 2 rings (SSSR count). The maximum absolute atomic E-state index is 11.7. The van der Waals surface area contributed by atoms with Crippen molar-refractivity contribution < 1.29 is 9.59 Å². The second kappa shape index (κ2) is 5.38. The molecule has 0 spiro atoms. The predicted octanol–water partition coefficient (Wildman–Crippen LogP) is 4.03. The van der Waals surface area contributed by atoms with Gasteiger partial charge in [0, 0.05) is 5.02 Å². The second-order valence-electron chi connectivity index (χ2n) is 3.43. The van der Waals surface area contributed by atoms with E-state index in [4.69, 9.17) is 58.0 Å². The summed E-state index contributed by atoms with van der Waals surface area (Å²) in [5, 5.41) is 0.454. The quantitative estimate of drug-likeness (QED) is 0.810. The normalized spacial score (nSPS) is 15.5. The Morgan fingerprint density at radius 1 is 0.842 bits per heavy atom. The highest BCUT2D eigenvalue weighted by Crippen LogP contribution is 2.35. The van der Waals surface area contributed by atoms with Crippen molar-refractivity contribution in [2.24, 2.45) is 0 Å². The van der Waals surface area contributed by atoms with Crippen LogP contribution in [0.5, 0.6) is 0 Å². The van der Waals surface area contributed by atoms with Crippen molar-refractivity contribution in [2.75, 3.05) is 5.43 Å². The molecule has 1 aliphatic rings. The maximum atomic E-state index is 11.7. The number of hydrazine groups is 1. The molecule has 1 heterocycles. The summed E-state index contributed by atoms with van der Waals surface area (Å²) in [6, 6.07) is 2.80. The monoisotopic (exact) mass is 358 g/mol. The molecule has 1 N–H and O–H groups in total. The van der Waals surface area contributed by atoms with E-state index >= 15 is 0 Å². The minimum atomic E-state index is -0.793. The molecule has 9 heteroatoms. The number of benzene rings is 1. The molecule has 1 aromatic rings. The molecule has 4 nitrogen and oxygen atoms in total. The first kappa shape index (κ1) is 14.8. The Bertz CT molecular complexity index is 581. The summed E-state index contributed by atoms with van der Waals surface area (Å²) in [6.07, 6.45) is 0. The zero-order valence-electron chi connectivity index (χ0n) is 8.81. The number of nitrogens with zero attached hydrogens (tertiary/aromatic N) is 1. The van der Waals surface area contributed by atoms with Crippen molar-refractivity contribution in [1.82, 2.24) is 5.01 Å². The Kier molecular flexibility index (Phi) is 4.18. The van der Waals surface area contributed by atoms with Gasteiger partial charge in [-0.2, -0.15) is 5.01 Å². The third kappa shape index (κ3) is 2.64. The number of hydrogen-bond acceptors (Lipinski definition) is 3. The van der Waals surface area contributed by atoms with Crippen LogP contribution >= 0.6 is 58.0 Å². The van der Waals surface area contributed by atoms with Gasteiger partial charge >= 0.3 is 0 Å². The molecular weight excluding hydrogens is 357 g/mol. The number of hydrogen-bond donors (Lipinski definition) is 1. The molecular formula is C10H3Cl5N2O2. The van der Waals surface area contributed by atoms with E-state index < -0.39 is 11.8 Å². The molecule has 0 saturated heterocycles. The van der Waals surface area contributed by atoms with Gasteiger partial charge in [0.05, 0.1) is 15.7 Å². The van der Waals surface area contributed by atoms with Crippen LogP contribution in [0.25, 0.3) is 0 Å². The highest BCUT2D eigenvalue weighted by Gasteiger charge is 2.37. The van der Waals surface area contributed by atoms with E-state index in [-0.39, 0.29) is 25.8 Å². The number of carbonyl (C=O) groups excluding carboxylic acids is 2. The van der Waals surface area contributed by atoms with Crippen molar-refractivity contribution in [1.29, 1.82) is 0 Å². The highest BCUT2D eigenvalue weighted by atomic mass is 35.5. The van der Waals surface area contributed by atoms with Gasteiger partial charge in [0.25, 0.3) is 11.8 Å². The molecule has 2 amide bonds. The SMILES string of the molecule is O=C1C(Cl)=C(Cl)C(=O)N1Nc1c(Cl)cc(Cl)cc1Cl. The lowest BCUT2D eigenvalue weighted by Gasteiger charge is -2.18. The molecule has 0 fully saturated rings. The standard InChI is InChI=1S/C10H3Cl5N2O2/c11-3-1-4(12)8(5(13)2-3)16-17-9(18)6(14)7(15)10(17)19/h1-2,16H. The average molecular weight is 360 g/mol. The van der Waals surface area contributed by atoms with Gasteiger partial charge in [-0.1, -0.05) is 58.0 Å². The van der Waals surface area contributed by atoms with E-state index in [0.29, 0.717) is 10.0 Å². The van der Waals surface area contributed by atoms with Crippen LogP contribution in [0.15, 0.2) is 22.2 Å². The minimum Gasteiger partial charge on any atom is -0.285 e. The highest BCUT2D eigenvalue weighted by molar-refractivity contribution is 6.58. The molecule has 0 atom stereocenters.